The van der Waals surface area contributed by atoms with Gasteiger partial charge < -0.3 is 9.84 Å². The van der Waals surface area contributed by atoms with Crippen LogP contribution in [0, 0.1) is 6.92 Å². The molecule has 0 spiro atoms. The minimum atomic E-state index is -4.43. The van der Waals surface area contributed by atoms with Gasteiger partial charge in [0.15, 0.2) is 0 Å². The summed E-state index contributed by atoms with van der Waals surface area (Å²) in [6, 6.07) is 6.68. The van der Waals surface area contributed by atoms with Crippen LogP contribution in [-0.2, 0) is 11.3 Å². The van der Waals surface area contributed by atoms with Gasteiger partial charge in [-0.2, -0.15) is 13.2 Å². The van der Waals surface area contributed by atoms with Crippen molar-refractivity contribution in [2.45, 2.75) is 43.8 Å². The minimum absolute atomic E-state index is 0.00690. The monoisotopic (exact) mass is 482 g/mol. The molecule has 0 fully saturated rings. The van der Waals surface area contributed by atoms with E-state index in [-0.39, 0.29) is 46.6 Å². The summed E-state index contributed by atoms with van der Waals surface area (Å²) in [4.78, 5) is 29.0. The van der Waals surface area contributed by atoms with Gasteiger partial charge in [-0.15, -0.1) is 0 Å². The normalized spacial score (nSPS) is 11.6. The van der Waals surface area contributed by atoms with E-state index in [1.807, 2.05) is 0 Å². The van der Waals surface area contributed by atoms with E-state index in [4.69, 9.17) is 4.74 Å². The Kier molecular flexibility index (Phi) is 7.06. The number of nitrogens with zero attached hydrogens (tertiary/aromatic N) is 3. The molecule has 2 N–H and O–H groups in total. The van der Waals surface area contributed by atoms with E-state index in [1.54, 1.807) is 19.9 Å². The fourth-order valence-electron chi connectivity index (χ4n) is 3.05. The number of hydrogen-bond donors (Lipinski definition) is 2. The number of pyridine rings is 1. The summed E-state index contributed by atoms with van der Waals surface area (Å²) in [7, 11) is 0. The Morgan fingerprint density at radius 3 is 2.52 bits per heavy atom. The third-order valence-electron chi connectivity index (χ3n) is 4.51. The molecule has 0 bridgehead atoms. The number of imidazole rings is 1. The van der Waals surface area contributed by atoms with Crippen LogP contribution in [0.3, 0.4) is 0 Å². The number of anilines is 1. The Morgan fingerprint density at radius 2 is 1.91 bits per heavy atom. The smallest absolute Gasteiger partial charge is 0.446 e. The van der Waals surface area contributed by atoms with Crippen LogP contribution < -0.4 is 11.0 Å². The van der Waals surface area contributed by atoms with Gasteiger partial charge in [-0.05, 0) is 68.4 Å². The molecule has 1 amide bonds. The van der Waals surface area contributed by atoms with Gasteiger partial charge in [0, 0.05) is 11.1 Å². The summed E-state index contributed by atoms with van der Waals surface area (Å²) in [6.07, 6.45) is 1.88. The average molecular weight is 482 g/mol. The van der Waals surface area contributed by atoms with Gasteiger partial charge in [-0.3, -0.25) is 14.9 Å². The van der Waals surface area contributed by atoms with E-state index in [9.17, 15) is 27.9 Å². The molecule has 0 aliphatic heterocycles. The molecule has 176 valence electrons. The highest BCUT2D eigenvalue weighted by Gasteiger charge is 2.29. The minimum Gasteiger partial charge on any atom is -0.493 e. The van der Waals surface area contributed by atoms with Crippen molar-refractivity contribution in [2.24, 2.45) is 0 Å². The van der Waals surface area contributed by atoms with Gasteiger partial charge in [-0.25, -0.2) is 14.2 Å². The number of aromatic nitrogens is 3. The summed E-state index contributed by atoms with van der Waals surface area (Å²) < 4.78 is 45.0. The molecular weight excluding hydrogens is 461 g/mol. The van der Waals surface area contributed by atoms with Crippen molar-refractivity contribution < 1.29 is 27.8 Å². The molecule has 0 aliphatic rings. The molecule has 2 aromatic heterocycles. The number of thioether (sulfide) groups is 1. The van der Waals surface area contributed by atoms with E-state index in [0.29, 0.717) is 11.3 Å². The van der Waals surface area contributed by atoms with Crippen molar-refractivity contribution in [3.63, 3.8) is 0 Å². The third kappa shape index (κ3) is 5.89. The predicted molar refractivity (Wildman–Crippen MR) is 117 cm³/mol. The van der Waals surface area contributed by atoms with Gasteiger partial charge in [0.25, 0.3) is 0 Å². The van der Waals surface area contributed by atoms with Crippen molar-refractivity contribution in [2.75, 3.05) is 5.32 Å². The number of carbonyl (C=O) groups is 1. The summed E-state index contributed by atoms with van der Waals surface area (Å²) in [5.41, 5.74) is -3.73. The molecule has 3 rings (SSSR count). The van der Waals surface area contributed by atoms with Gasteiger partial charge >= 0.3 is 17.3 Å². The molecular formula is C21H21F3N4O4S. The van der Waals surface area contributed by atoms with Crippen LogP contribution in [-0.4, -0.2) is 36.9 Å². The van der Waals surface area contributed by atoms with Crippen LogP contribution in [0.15, 0.2) is 52.4 Å². The fourth-order valence-corrected chi connectivity index (χ4v) is 3.59. The quantitative estimate of drug-likeness (QED) is 0.496. The number of nitrogens with one attached hydrogen (secondary N) is 1. The first kappa shape index (κ1) is 24.2. The number of carbonyl (C=O) groups excluding carboxylic acids is 1. The van der Waals surface area contributed by atoms with Crippen molar-refractivity contribution >= 4 is 23.5 Å². The lowest BCUT2D eigenvalue weighted by Gasteiger charge is -2.13. The van der Waals surface area contributed by atoms with Crippen molar-refractivity contribution in [3.8, 4) is 11.6 Å². The topological polar surface area (TPSA) is 98.4 Å². The van der Waals surface area contributed by atoms with E-state index < -0.39 is 17.3 Å². The molecule has 0 saturated heterocycles. The van der Waals surface area contributed by atoms with Crippen LogP contribution in [0.1, 0.15) is 25.1 Å². The number of aromatic hydroxyl groups is 1. The molecule has 2 heterocycles. The maximum atomic E-state index is 13.1. The lowest BCUT2D eigenvalue weighted by Crippen LogP contribution is -2.25. The number of alkyl halides is 3. The lowest BCUT2D eigenvalue weighted by atomic mass is 10.2. The number of rotatable bonds is 6. The van der Waals surface area contributed by atoms with Crippen molar-refractivity contribution in [3.05, 3.63) is 64.5 Å². The molecule has 12 heteroatoms. The third-order valence-corrected chi connectivity index (χ3v) is 5.25. The number of ether oxygens (including phenoxy) is 1. The van der Waals surface area contributed by atoms with E-state index >= 15 is 0 Å². The zero-order valence-electron chi connectivity index (χ0n) is 17.9. The zero-order chi connectivity index (χ0) is 24.3. The molecule has 0 aliphatic carbocycles. The van der Waals surface area contributed by atoms with Gasteiger partial charge in [0.2, 0.25) is 5.88 Å². The molecule has 0 atom stereocenters. The number of halogens is 3. The van der Waals surface area contributed by atoms with Crippen LogP contribution in [0.5, 0.6) is 5.88 Å². The van der Waals surface area contributed by atoms with E-state index in [0.717, 1.165) is 4.57 Å². The SMILES string of the molecule is Cc1c(O)n(-c2ccc(SC(F)(F)F)cc2)c(=O)n1Cc1ccncc1NC(=O)OC(C)C. The first-order chi connectivity index (χ1) is 15.5. The molecule has 0 saturated carbocycles. The number of benzene rings is 1. The van der Waals surface area contributed by atoms with Crippen molar-refractivity contribution in [1.29, 1.82) is 0 Å². The van der Waals surface area contributed by atoms with E-state index in [1.165, 1.54) is 48.1 Å². The van der Waals surface area contributed by atoms with Crippen LogP contribution in [0.4, 0.5) is 23.7 Å². The van der Waals surface area contributed by atoms with Crippen LogP contribution in [0.25, 0.3) is 5.69 Å². The predicted octanol–water partition coefficient (Wildman–Crippen LogP) is 4.67. The molecule has 33 heavy (non-hydrogen) atoms. The Labute approximate surface area is 191 Å². The van der Waals surface area contributed by atoms with Gasteiger partial charge in [0.1, 0.15) is 0 Å². The highest BCUT2D eigenvalue weighted by molar-refractivity contribution is 8.00. The average Bonchev–Trinajstić information content (AvgIpc) is 2.91. The molecule has 1 aromatic carbocycles. The highest BCUT2D eigenvalue weighted by atomic mass is 32.2. The zero-order valence-corrected chi connectivity index (χ0v) is 18.7. The standard InChI is InChI=1S/C21H21F3N4O4S/c1-12(2)32-19(30)26-17-10-25-9-8-14(17)11-27-13(3)18(29)28(20(27)31)15-4-6-16(7-5-15)33-21(22,23)24/h4-10,12,29H,11H2,1-3H3,(H,26,30). The molecule has 0 radical (unpaired) electrons. The largest absolute Gasteiger partial charge is 0.493 e. The first-order valence-electron chi connectivity index (χ1n) is 9.74. The second kappa shape index (κ2) is 9.61. The van der Waals surface area contributed by atoms with Crippen LogP contribution in [0.2, 0.25) is 0 Å². The van der Waals surface area contributed by atoms with Crippen LogP contribution >= 0.6 is 11.8 Å². The van der Waals surface area contributed by atoms with Gasteiger partial charge in [0.05, 0.1) is 35.9 Å². The Bertz CT molecular complexity index is 1200. The Morgan fingerprint density at radius 1 is 1.24 bits per heavy atom. The Balaban J connectivity index is 1.92. The van der Waals surface area contributed by atoms with Gasteiger partial charge in [-0.1, -0.05) is 0 Å². The number of hydrogen-bond acceptors (Lipinski definition) is 6. The fraction of sp³-hybridized carbons (Fsp3) is 0.286. The summed E-state index contributed by atoms with van der Waals surface area (Å²) in [5.74, 6) is -0.348. The van der Waals surface area contributed by atoms with Crippen molar-refractivity contribution in [1.82, 2.24) is 14.1 Å². The summed E-state index contributed by atoms with van der Waals surface area (Å²) in [6.45, 7) is 4.93. The summed E-state index contributed by atoms with van der Waals surface area (Å²) >= 11 is -0.273. The Hall–Kier alpha value is -3.41. The second-order valence-electron chi connectivity index (χ2n) is 7.27. The lowest BCUT2D eigenvalue weighted by molar-refractivity contribution is -0.0328. The van der Waals surface area contributed by atoms with E-state index in [2.05, 4.69) is 10.3 Å². The molecule has 3 aromatic rings. The number of amides is 1. The molecule has 0 unspecified atom stereocenters. The summed E-state index contributed by atoms with van der Waals surface area (Å²) in [5, 5.41) is 13.1. The maximum Gasteiger partial charge on any atom is 0.446 e. The highest BCUT2D eigenvalue weighted by Crippen LogP contribution is 2.37. The first-order valence-corrected chi connectivity index (χ1v) is 10.6. The second-order valence-corrected chi connectivity index (χ2v) is 8.41. The molecule has 8 nitrogen and oxygen atoms in total. The maximum absolute atomic E-state index is 13.1.